The molecule has 94 valence electrons. The van der Waals surface area contributed by atoms with E-state index >= 15 is 0 Å². The van der Waals surface area contributed by atoms with Crippen LogP contribution in [0.3, 0.4) is 0 Å². The second-order valence-corrected chi connectivity index (χ2v) is 4.94. The van der Waals surface area contributed by atoms with Gasteiger partial charge >= 0.3 is 5.97 Å². The number of aromatic nitrogens is 2. The number of esters is 1. The van der Waals surface area contributed by atoms with Crippen LogP contribution in [0.1, 0.15) is 15.9 Å². The number of rotatable bonds is 2. The van der Waals surface area contributed by atoms with E-state index in [0.717, 1.165) is 10.3 Å². The lowest BCUT2D eigenvalue weighted by molar-refractivity contribution is 0.0735. The molecule has 0 amide bonds. The Labute approximate surface area is 113 Å². The van der Waals surface area contributed by atoms with E-state index in [1.54, 1.807) is 24.3 Å². The monoisotopic (exact) mass is 270 g/mol. The zero-order chi connectivity index (χ0) is 13.2. The zero-order valence-corrected chi connectivity index (χ0v) is 11.0. The minimum atomic E-state index is -0.390. The molecule has 0 saturated carbocycles. The number of benzene rings is 2. The molecule has 5 heteroatoms. The minimum absolute atomic E-state index is 0.390. The summed E-state index contributed by atoms with van der Waals surface area (Å²) in [6.45, 7) is 1.98. The fraction of sp³-hybridized carbons (Fsp3) is 0.0714. The average molecular weight is 270 g/mol. The van der Waals surface area contributed by atoms with E-state index in [0.29, 0.717) is 16.8 Å². The normalized spacial score (nSPS) is 10.6. The second-order valence-electron chi connectivity index (χ2n) is 4.16. The number of aryl methyl sites for hydroxylation is 1. The van der Waals surface area contributed by atoms with Gasteiger partial charge in [0.2, 0.25) is 0 Å². The predicted octanol–water partition coefficient (Wildman–Crippen LogP) is 3.22. The van der Waals surface area contributed by atoms with Crippen molar-refractivity contribution >= 4 is 27.7 Å². The number of fused-ring (bicyclic) bond motifs is 1. The largest absolute Gasteiger partial charge is 0.423 e. The molecule has 0 saturated heterocycles. The van der Waals surface area contributed by atoms with Crippen LogP contribution in [0.15, 0.2) is 42.5 Å². The van der Waals surface area contributed by atoms with Crippen molar-refractivity contribution in [3.63, 3.8) is 0 Å². The first-order valence-corrected chi connectivity index (χ1v) is 6.51. The van der Waals surface area contributed by atoms with Gasteiger partial charge in [-0.3, -0.25) is 0 Å². The topological polar surface area (TPSA) is 52.1 Å². The van der Waals surface area contributed by atoms with Crippen LogP contribution in [0.4, 0.5) is 0 Å². The summed E-state index contributed by atoms with van der Waals surface area (Å²) in [4.78, 5) is 12.0. The molecule has 0 fully saturated rings. The molecule has 0 atom stereocenters. The van der Waals surface area contributed by atoms with Crippen LogP contribution in [0.25, 0.3) is 10.2 Å². The number of ether oxygens (including phenoxy) is 1. The van der Waals surface area contributed by atoms with Crippen LogP contribution in [0, 0.1) is 6.92 Å². The number of carbonyl (C=O) groups is 1. The minimum Gasteiger partial charge on any atom is -0.423 e. The number of nitrogens with zero attached hydrogens (tertiary/aromatic N) is 2. The molecule has 0 aliphatic carbocycles. The van der Waals surface area contributed by atoms with Gasteiger partial charge in [-0.25, -0.2) is 4.79 Å². The third-order valence-electron chi connectivity index (χ3n) is 2.71. The highest BCUT2D eigenvalue weighted by Crippen LogP contribution is 2.19. The van der Waals surface area contributed by atoms with Crippen molar-refractivity contribution in [3.8, 4) is 5.75 Å². The summed E-state index contributed by atoms with van der Waals surface area (Å²) < 4.78 is 10.1. The molecule has 0 bridgehead atoms. The standard InChI is InChI=1S/C14H10N2O2S/c1-9-2-5-11(6-3-9)18-14(17)10-4-7-13-12(8-10)15-16-19-13/h2-8H,1H3. The van der Waals surface area contributed by atoms with Gasteiger partial charge in [0.25, 0.3) is 0 Å². The highest BCUT2D eigenvalue weighted by Gasteiger charge is 2.10. The lowest BCUT2D eigenvalue weighted by Crippen LogP contribution is -2.08. The van der Waals surface area contributed by atoms with Crippen LogP contribution in [0.2, 0.25) is 0 Å². The highest BCUT2D eigenvalue weighted by atomic mass is 32.1. The van der Waals surface area contributed by atoms with E-state index in [1.165, 1.54) is 11.5 Å². The van der Waals surface area contributed by atoms with Gasteiger partial charge < -0.3 is 4.74 Å². The number of hydrogen-bond donors (Lipinski definition) is 0. The smallest absolute Gasteiger partial charge is 0.343 e. The van der Waals surface area contributed by atoms with Crippen molar-refractivity contribution in [1.29, 1.82) is 0 Å². The Morgan fingerprint density at radius 3 is 2.74 bits per heavy atom. The van der Waals surface area contributed by atoms with E-state index in [1.807, 2.05) is 25.1 Å². The first kappa shape index (κ1) is 11.8. The molecule has 0 aliphatic heterocycles. The Morgan fingerprint density at radius 1 is 1.16 bits per heavy atom. The third-order valence-corrected chi connectivity index (χ3v) is 3.42. The molecule has 4 nitrogen and oxygen atoms in total. The van der Waals surface area contributed by atoms with E-state index in [4.69, 9.17) is 4.74 Å². The lowest BCUT2D eigenvalue weighted by atomic mass is 10.2. The van der Waals surface area contributed by atoms with Gasteiger partial charge in [0.1, 0.15) is 11.3 Å². The van der Waals surface area contributed by atoms with E-state index in [2.05, 4.69) is 9.59 Å². The van der Waals surface area contributed by atoms with E-state index in [9.17, 15) is 4.79 Å². The van der Waals surface area contributed by atoms with Gasteiger partial charge in [0.15, 0.2) is 0 Å². The SMILES string of the molecule is Cc1ccc(OC(=O)c2ccc3snnc3c2)cc1. The van der Waals surface area contributed by atoms with Crippen molar-refractivity contribution in [2.45, 2.75) is 6.92 Å². The van der Waals surface area contributed by atoms with Gasteiger partial charge in [-0.15, -0.1) is 5.10 Å². The molecule has 1 aromatic heterocycles. The summed E-state index contributed by atoms with van der Waals surface area (Å²) in [5, 5.41) is 3.94. The predicted molar refractivity (Wildman–Crippen MR) is 73.6 cm³/mol. The second kappa shape index (κ2) is 4.78. The van der Waals surface area contributed by atoms with Crippen LogP contribution < -0.4 is 4.74 Å². The quantitative estimate of drug-likeness (QED) is 0.530. The molecule has 0 radical (unpaired) electrons. The van der Waals surface area contributed by atoms with Gasteiger partial charge in [0, 0.05) is 0 Å². The molecule has 19 heavy (non-hydrogen) atoms. The molecular weight excluding hydrogens is 260 g/mol. The van der Waals surface area contributed by atoms with Crippen molar-refractivity contribution in [3.05, 3.63) is 53.6 Å². The van der Waals surface area contributed by atoms with Crippen LogP contribution in [0.5, 0.6) is 5.75 Å². The van der Waals surface area contributed by atoms with Crippen molar-refractivity contribution < 1.29 is 9.53 Å². The summed E-state index contributed by atoms with van der Waals surface area (Å²) in [5.74, 6) is 0.144. The molecule has 0 unspecified atom stereocenters. The molecule has 0 spiro atoms. The molecule has 1 heterocycles. The summed E-state index contributed by atoms with van der Waals surface area (Å²) in [6.07, 6.45) is 0. The van der Waals surface area contributed by atoms with Gasteiger partial charge in [-0.05, 0) is 48.8 Å². The van der Waals surface area contributed by atoms with Gasteiger partial charge in [-0.2, -0.15) is 0 Å². The summed E-state index contributed by atoms with van der Waals surface area (Å²) in [6, 6.07) is 12.6. The molecule has 2 aromatic carbocycles. The molecule has 3 rings (SSSR count). The summed E-state index contributed by atoms with van der Waals surface area (Å²) >= 11 is 1.30. The molecule has 3 aromatic rings. The molecule has 0 N–H and O–H groups in total. The van der Waals surface area contributed by atoms with Crippen molar-refractivity contribution in [1.82, 2.24) is 9.59 Å². The molecular formula is C14H10N2O2S. The summed E-state index contributed by atoms with van der Waals surface area (Å²) in [5.41, 5.74) is 2.30. The molecule has 0 aliphatic rings. The first-order chi connectivity index (χ1) is 9.22. The van der Waals surface area contributed by atoms with Crippen molar-refractivity contribution in [2.75, 3.05) is 0 Å². The highest BCUT2D eigenvalue weighted by molar-refractivity contribution is 7.12. The Hall–Kier alpha value is -2.27. The van der Waals surface area contributed by atoms with Gasteiger partial charge in [0.05, 0.1) is 10.3 Å². The van der Waals surface area contributed by atoms with E-state index in [-0.39, 0.29) is 0 Å². The van der Waals surface area contributed by atoms with Gasteiger partial charge in [-0.1, -0.05) is 22.2 Å². The fourth-order valence-corrected chi connectivity index (χ4v) is 2.22. The maximum atomic E-state index is 12.0. The summed E-state index contributed by atoms with van der Waals surface area (Å²) in [7, 11) is 0. The van der Waals surface area contributed by atoms with Crippen LogP contribution >= 0.6 is 11.5 Å². The number of carbonyl (C=O) groups excluding carboxylic acids is 1. The maximum absolute atomic E-state index is 12.0. The zero-order valence-electron chi connectivity index (χ0n) is 10.2. The van der Waals surface area contributed by atoms with Crippen LogP contribution in [-0.4, -0.2) is 15.6 Å². The Morgan fingerprint density at radius 2 is 1.95 bits per heavy atom. The Bertz CT molecular complexity index is 735. The van der Waals surface area contributed by atoms with Crippen molar-refractivity contribution in [2.24, 2.45) is 0 Å². The number of hydrogen-bond acceptors (Lipinski definition) is 5. The third kappa shape index (κ3) is 2.46. The fourth-order valence-electron chi connectivity index (χ4n) is 1.68. The van der Waals surface area contributed by atoms with Crippen LogP contribution in [-0.2, 0) is 0 Å². The lowest BCUT2D eigenvalue weighted by Gasteiger charge is -2.04. The Balaban J connectivity index is 1.84. The first-order valence-electron chi connectivity index (χ1n) is 5.73. The maximum Gasteiger partial charge on any atom is 0.343 e. The Kier molecular flexibility index (Phi) is 2.97. The average Bonchev–Trinajstić information content (AvgIpc) is 2.88. The van der Waals surface area contributed by atoms with E-state index < -0.39 is 5.97 Å².